The van der Waals surface area contributed by atoms with Crippen LogP contribution in [0.5, 0.6) is 0 Å². The fourth-order valence-electron chi connectivity index (χ4n) is 2.40. The Labute approximate surface area is 133 Å². The number of carbonyl (C=O) groups excluding carboxylic acids is 1. The molecule has 8 nitrogen and oxygen atoms in total. The number of aromatic nitrogens is 3. The first-order chi connectivity index (χ1) is 11.1. The highest BCUT2D eigenvalue weighted by atomic mass is 16.5. The summed E-state index contributed by atoms with van der Waals surface area (Å²) in [4.78, 5) is 17.2. The zero-order chi connectivity index (χ0) is 16.4. The molecule has 3 rings (SSSR count). The van der Waals surface area contributed by atoms with E-state index in [2.05, 4.69) is 15.2 Å². The lowest BCUT2D eigenvalue weighted by atomic mass is 10.2. The first-order valence-electron chi connectivity index (χ1n) is 7.40. The predicted molar refractivity (Wildman–Crippen MR) is 78.5 cm³/mol. The highest BCUT2D eigenvalue weighted by Gasteiger charge is 2.34. The number of H-pyrrole nitrogens is 1. The molecule has 1 fully saturated rings. The third-order valence-corrected chi connectivity index (χ3v) is 3.67. The zero-order valence-electron chi connectivity index (χ0n) is 12.9. The molecule has 1 unspecified atom stereocenters. The van der Waals surface area contributed by atoms with Crippen LogP contribution >= 0.6 is 0 Å². The molecule has 0 aliphatic carbocycles. The van der Waals surface area contributed by atoms with Gasteiger partial charge in [-0.1, -0.05) is 13.8 Å². The highest BCUT2D eigenvalue weighted by Crippen LogP contribution is 2.26. The third-order valence-electron chi connectivity index (χ3n) is 3.67. The lowest BCUT2D eigenvalue weighted by molar-refractivity contribution is -0.0110. The fourth-order valence-corrected chi connectivity index (χ4v) is 2.40. The molecule has 0 bridgehead atoms. The zero-order valence-corrected chi connectivity index (χ0v) is 12.9. The smallest absolute Gasteiger partial charge is 0.271 e. The number of ether oxygens (including phenoxy) is 1. The molecular formula is C15H17N5O3. The molecule has 1 N–H and O–H groups in total. The van der Waals surface area contributed by atoms with E-state index in [4.69, 9.17) is 14.4 Å². The van der Waals surface area contributed by atoms with Gasteiger partial charge in [0.15, 0.2) is 0 Å². The molecule has 1 saturated heterocycles. The van der Waals surface area contributed by atoms with Gasteiger partial charge in [0.05, 0.1) is 18.8 Å². The van der Waals surface area contributed by atoms with Crippen LogP contribution in [0.2, 0.25) is 0 Å². The lowest BCUT2D eigenvalue weighted by Crippen LogP contribution is -2.43. The number of carbonyl (C=O) groups is 1. The van der Waals surface area contributed by atoms with Gasteiger partial charge in [0.25, 0.3) is 5.91 Å². The summed E-state index contributed by atoms with van der Waals surface area (Å²) >= 11 is 0. The second-order valence-corrected chi connectivity index (χ2v) is 5.64. The minimum Gasteiger partial charge on any atom is -0.423 e. The van der Waals surface area contributed by atoms with Crippen molar-refractivity contribution in [2.75, 3.05) is 19.8 Å². The van der Waals surface area contributed by atoms with Crippen molar-refractivity contribution >= 4 is 5.91 Å². The number of morpholine rings is 1. The van der Waals surface area contributed by atoms with Crippen LogP contribution in [0.1, 0.15) is 53.6 Å². The number of rotatable bonds is 3. The Hall–Kier alpha value is -2.66. The van der Waals surface area contributed by atoms with Gasteiger partial charge in [0.2, 0.25) is 11.8 Å². The van der Waals surface area contributed by atoms with Crippen molar-refractivity contribution in [3.05, 3.63) is 35.3 Å². The molecule has 0 saturated carbocycles. The number of hydrogen-bond donors (Lipinski definition) is 1. The van der Waals surface area contributed by atoms with E-state index in [9.17, 15) is 4.79 Å². The van der Waals surface area contributed by atoms with E-state index >= 15 is 0 Å². The quantitative estimate of drug-likeness (QED) is 0.921. The molecule has 23 heavy (non-hydrogen) atoms. The van der Waals surface area contributed by atoms with Gasteiger partial charge in [-0.3, -0.25) is 4.79 Å². The average Bonchev–Trinajstić information content (AvgIpc) is 3.23. The number of nitriles is 1. The summed E-state index contributed by atoms with van der Waals surface area (Å²) in [6, 6.07) is 3.10. The van der Waals surface area contributed by atoms with Gasteiger partial charge in [-0.2, -0.15) is 5.26 Å². The maximum absolute atomic E-state index is 12.7. The van der Waals surface area contributed by atoms with Crippen LogP contribution in [-0.4, -0.2) is 45.7 Å². The van der Waals surface area contributed by atoms with Crippen molar-refractivity contribution in [3.63, 3.8) is 0 Å². The maximum atomic E-state index is 12.7. The number of hydrogen-bond acceptors (Lipinski definition) is 6. The van der Waals surface area contributed by atoms with Crippen molar-refractivity contribution in [3.8, 4) is 6.07 Å². The van der Waals surface area contributed by atoms with Crippen LogP contribution in [0.4, 0.5) is 0 Å². The van der Waals surface area contributed by atoms with Crippen molar-refractivity contribution in [1.82, 2.24) is 20.1 Å². The van der Waals surface area contributed by atoms with E-state index in [1.54, 1.807) is 4.90 Å². The lowest BCUT2D eigenvalue weighted by Gasteiger charge is -2.33. The average molecular weight is 315 g/mol. The van der Waals surface area contributed by atoms with Gasteiger partial charge in [0.1, 0.15) is 17.8 Å². The molecule has 0 radical (unpaired) electrons. The molecule has 120 valence electrons. The van der Waals surface area contributed by atoms with E-state index in [1.807, 2.05) is 19.9 Å². The Morgan fingerprint density at radius 1 is 1.52 bits per heavy atom. The van der Waals surface area contributed by atoms with Gasteiger partial charge in [-0.15, -0.1) is 10.2 Å². The summed E-state index contributed by atoms with van der Waals surface area (Å²) in [7, 11) is 0. The molecule has 3 heterocycles. The first kappa shape index (κ1) is 15.2. The van der Waals surface area contributed by atoms with Crippen molar-refractivity contribution in [2.45, 2.75) is 25.8 Å². The molecule has 1 aliphatic heterocycles. The van der Waals surface area contributed by atoms with Gasteiger partial charge < -0.3 is 19.0 Å². The molecule has 2 aromatic heterocycles. The Morgan fingerprint density at radius 3 is 3.00 bits per heavy atom. The summed E-state index contributed by atoms with van der Waals surface area (Å²) in [5, 5.41) is 16.9. The first-order valence-corrected chi connectivity index (χ1v) is 7.40. The largest absolute Gasteiger partial charge is 0.423 e. The van der Waals surface area contributed by atoms with Crippen molar-refractivity contribution < 1.29 is 13.9 Å². The van der Waals surface area contributed by atoms with Crippen LogP contribution < -0.4 is 0 Å². The molecule has 8 heteroatoms. The van der Waals surface area contributed by atoms with E-state index in [1.165, 1.54) is 12.3 Å². The Morgan fingerprint density at radius 2 is 2.35 bits per heavy atom. The molecular weight excluding hydrogens is 298 g/mol. The van der Waals surface area contributed by atoms with E-state index in [0.29, 0.717) is 42.8 Å². The van der Waals surface area contributed by atoms with Crippen LogP contribution in [0.3, 0.4) is 0 Å². The fraction of sp³-hybridized carbons (Fsp3) is 0.467. The number of nitrogens with one attached hydrogen (secondary N) is 1. The minimum atomic E-state index is -0.426. The van der Waals surface area contributed by atoms with Gasteiger partial charge >= 0.3 is 0 Å². The SMILES string of the molecule is CC(C)c1nnc(C2COCCN2C(=O)c2cc(C#N)c[nH]2)o1. The van der Waals surface area contributed by atoms with E-state index in [0.717, 1.165) is 0 Å². The molecule has 2 aromatic rings. The molecule has 0 aromatic carbocycles. The minimum absolute atomic E-state index is 0.117. The topological polar surface area (TPSA) is 108 Å². The van der Waals surface area contributed by atoms with Gasteiger partial charge in [-0.05, 0) is 6.07 Å². The standard InChI is InChI=1S/C15H17N5O3/c1-9(2)13-18-19-14(23-13)12-8-22-4-3-20(12)15(21)11-5-10(6-16)7-17-11/h5,7,9,12,17H,3-4,8H2,1-2H3. The summed E-state index contributed by atoms with van der Waals surface area (Å²) in [5.74, 6) is 0.800. The second kappa shape index (κ2) is 6.22. The predicted octanol–water partition coefficient (Wildman–Crippen LogP) is 1.61. The van der Waals surface area contributed by atoms with E-state index in [-0.39, 0.29) is 11.8 Å². The third kappa shape index (κ3) is 2.96. The molecule has 1 atom stereocenters. The van der Waals surface area contributed by atoms with Crippen LogP contribution in [0.25, 0.3) is 0 Å². The van der Waals surface area contributed by atoms with Gasteiger partial charge in [-0.25, -0.2) is 0 Å². The maximum Gasteiger partial charge on any atom is 0.271 e. The Kier molecular flexibility index (Phi) is 4.12. The number of aromatic amines is 1. The number of nitrogens with zero attached hydrogens (tertiary/aromatic N) is 4. The normalized spacial score (nSPS) is 18.2. The molecule has 1 aliphatic rings. The van der Waals surface area contributed by atoms with Crippen LogP contribution in [-0.2, 0) is 4.74 Å². The summed E-state index contributed by atoms with van der Waals surface area (Å²) in [5.41, 5.74) is 0.773. The second-order valence-electron chi connectivity index (χ2n) is 5.64. The molecule has 1 amide bonds. The highest BCUT2D eigenvalue weighted by molar-refractivity contribution is 5.93. The van der Waals surface area contributed by atoms with Crippen molar-refractivity contribution in [2.24, 2.45) is 0 Å². The van der Waals surface area contributed by atoms with Crippen molar-refractivity contribution in [1.29, 1.82) is 5.26 Å². The Balaban J connectivity index is 1.86. The number of amides is 1. The summed E-state index contributed by atoms with van der Waals surface area (Å²) in [6.45, 7) is 5.08. The monoisotopic (exact) mass is 315 g/mol. The van der Waals surface area contributed by atoms with Crippen LogP contribution in [0, 0.1) is 11.3 Å². The summed E-state index contributed by atoms with van der Waals surface area (Å²) < 4.78 is 11.1. The summed E-state index contributed by atoms with van der Waals surface area (Å²) in [6.07, 6.45) is 1.51. The van der Waals surface area contributed by atoms with Gasteiger partial charge in [0, 0.05) is 18.7 Å². The van der Waals surface area contributed by atoms with E-state index < -0.39 is 6.04 Å². The molecule has 0 spiro atoms. The van der Waals surface area contributed by atoms with Crippen LogP contribution in [0.15, 0.2) is 16.7 Å². The Bertz CT molecular complexity index is 742.